The number of carbonyl (C=O) groups is 1. The summed E-state index contributed by atoms with van der Waals surface area (Å²) < 4.78 is 0. The summed E-state index contributed by atoms with van der Waals surface area (Å²) in [6.45, 7) is 2.15. The Hall–Kier alpha value is -1.77. The van der Waals surface area contributed by atoms with E-state index >= 15 is 0 Å². The summed E-state index contributed by atoms with van der Waals surface area (Å²) >= 11 is 0. The number of H-pyrrole nitrogens is 1. The third-order valence-electron chi connectivity index (χ3n) is 3.24. The van der Waals surface area contributed by atoms with E-state index < -0.39 is 0 Å². The fraction of sp³-hybridized carbons (Fsp3) is 0.308. The SMILES string of the molecule is CC1CC1NC(=O)c1ccc2[nH]ccc2c1. The maximum atomic E-state index is 11.9. The molecule has 0 saturated heterocycles. The smallest absolute Gasteiger partial charge is 0.251 e. The van der Waals surface area contributed by atoms with Gasteiger partial charge in [-0.05, 0) is 36.6 Å². The first-order valence-electron chi connectivity index (χ1n) is 5.62. The van der Waals surface area contributed by atoms with E-state index in [-0.39, 0.29) is 5.91 Å². The van der Waals surface area contributed by atoms with Crippen LogP contribution in [0.4, 0.5) is 0 Å². The zero-order valence-corrected chi connectivity index (χ0v) is 9.16. The fourth-order valence-corrected chi connectivity index (χ4v) is 1.97. The summed E-state index contributed by atoms with van der Waals surface area (Å²) in [6, 6.07) is 8.09. The van der Waals surface area contributed by atoms with Crippen molar-refractivity contribution in [1.82, 2.24) is 10.3 Å². The molecule has 1 aromatic carbocycles. The van der Waals surface area contributed by atoms with Gasteiger partial charge in [0, 0.05) is 28.7 Å². The largest absolute Gasteiger partial charge is 0.361 e. The number of rotatable bonds is 2. The number of hydrogen-bond donors (Lipinski definition) is 2. The Morgan fingerprint density at radius 2 is 2.25 bits per heavy atom. The molecule has 0 radical (unpaired) electrons. The molecule has 1 aliphatic rings. The normalized spacial score (nSPS) is 23.3. The van der Waals surface area contributed by atoms with Crippen molar-refractivity contribution in [3.05, 3.63) is 36.0 Å². The molecule has 1 fully saturated rings. The van der Waals surface area contributed by atoms with Crippen molar-refractivity contribution in [3.8, 4) is 0 Å². The van der Waals surface area contributed by atoms with Crippen molar-refractivity contribution >= 4 is 16.8 Å². The molecule has 0 spiro atoms. The molecule has 1 heterocycles. The number of nitrogens with one attached hydrogen (secondary N) is 2. The number of aromatic nitrogens is 1. The number of benzene rings is 1. The highest BCUT2D eigenvalue weighted by atomic mass is 16.1. The Morgan fingerprint density at radius 3 is 3.00 bits per heavy atom. The average Bonchev–Trinajstić information content (AvgIpc) is 2.81. The van der Waals surface area contributed by atoms with Crippen molar-refractivity contribution in [2.24, 2.45) is 5.92 Å². The highest BCUT2D eigenvalue weighted by molar-refractivity contribution is 5.98. The van der Waals surface area contributed by atoms with Crippen molar-refractivity contribution in [3.63, 3.8) is 0 Å². The number of aromatic amines is 1. The molecule has 0 aliphatic heterocycles. The van der Waals surface area contributed by atoms with Crippen LogP contribution >= 0.6 is 0 Å². The first kappa shape index (κ1) is 9.46. The van der Waals surface area contributed by atoms with Crippen molar-refractivity contribution in [2.45, 2.75) is 19.4 Å². The molecule has 3 rings (SSSR count). The van der Waals surface area contributed by atoms with Gasteiger partial charge >= 0.3 is 0 Å². The Balaban J connectivity index is 1.84. The fourth-order valence-electron chi connectivity index (χ4n) is 1.97. The van der Waals surface area contributed by atoms with Crippen LogP contribution in [-0.4, -0.2) is 16.9 Å². The van der Waals surface area contributed by atoms with Gasteiger partial charge in [-0.25, -0.2) is 0 Å². The molecular formula is C13H14N2O. The summed E-state index contributed by atoms with van der Waals surface area (Å²) in [7, 11) is 0. The molecule has 3 nitrogen and oxygen atoms in total. The molecule has 2 aromatic rings. The number of fused-ring (bicyclic) bond motifs is 1. The summed E-state index contributed by atoms with van der Waals surface area (Å²) in [5, 5.41) is 4.11. The van der Waals surface area contributed by atoms with Gasteiger partial charge in [0.25, 0.3) is 5.91 Å². The summed E-state index contributed by atoms with van der Waals surface area (Å²) in [4.78, 5) is 15.0. The lowest BCUT2D eigenvalue weighted by molar-refractivity contribution is 0.0949. The van der Waals surface area contributed by atoms with Crippen LogP contribution in [0.5, 0.6) is 0 Å². The van der Waals surface area contributed by atoms with Gasteiger partial charge in [-0.1, -0.05) is 6.92 Å². The van der Waals surface area contributed by atoms with E-state index in [4.69, 9.17) is 0 Å². The average molecular weight is 214 g/mol. The van der Waals surface area contributed by atoms with E-state index in [2.05, 4.69) is 17.2 Å². The molecule has 0 bridgehead atoms. The molecule has 1 aliphatic carbocycles. The standard InChI is InChI=1S/C13H14N2O/c1-8-6-12(8)15-13(16)10-2-3-11-9(7-10)4-5-14-11/h2-5,7-8,12,14H,6H2,1H3,(H,15,16). The van der Waals surface area contributed by atoms with Gasteiger partial charge in [0.05, 0.1) is 0 Å². The van der Waals surface area contributed by atoms with Gasteiger partial charge in [0.2, 0.25) is 0 Å². The maximum absolute atomic E-state index is 11.9. The van der Waals surface area contributed by atoms with Gasteiger partial charge in [-0.15, -0.1) is 0 Å². The lowest BCUT2D eigenvalue weighted by atomic mass is 10.1. The minimum absolute atomic E-state index is 0.0393. The summed E-state index contributed by atoms with van der Waals surface area (Å²) in [6.07, 6.45) is 2.99. The van der Waals surface area contributed by atoms with Gasteiger partial charge in [0.15, 0.2) is 0 Å². The molecular weight excluding hydrogens is 200 g/mol. The third-order valence-corrected chi connectivity index (χ3v) is 3.24. The molecule has 2 atom stereocenters. The lowest BCUT2D eigenvalue weighted by Crippen LogP contribution is -2.26. The zero-order valence-electron chi connectivity index (χ0n) is 9.16. The monoisotopic (exact) mass is 214 g/mol. The van der Waals surface area contributed by atoms with E-state index in [1.165, 1.54) is 0 Å². The van der Waals surface area contributed by atoms with E-state index in [1.54, 1.807) is 0 Å². The summed E-state index contributed by atoms with van der Waals surface area (Å²) in [5.41, 5.74) is 1.81. The first-order valence-corrected chi connectivity index (χ1v) is 5.62. The highest BCUT2D eigenvalue weighted by Crippen LogP contribution is 2.29. The van der Waals surface area contributed by atoms with Crippen molar-refractivity contribution in [2.75, 3.05) is 0 Å². The maximum Gasteiger partial charge on any atom is 0.251 e. The van der Waals surface area contributed by atoms with E-state index in [0.717, 1.165) is 22.9 Å². The van der Waals surface area contributed by atoms with Crippen LogP contribution in [0.2, 0.25) is 0 Å². The molecule has 2 unspecified atom stereocenters. The summed E-state index contributed by atoms with van der Waals surface area (Å²) in [5.74, 6) is 0.678. The van der Waals surface area contributed by atoms with E-state index in [0.29, 0.717) is 12.0 Å². The minimum Gasteiger partial charge on any atom is -0.361 e. The van der Waals surface area contributed by atoms with Crippen LogP contribution < -0.4 is 5.32 Å². The second-order valence-corrected chi connectivity index (χ2v) is 4.57. The molecule has 82 valence electrons. The first-order chi connectivity index (χ1) is 7.74. The van der Waals surface area contributed by atoms with Crippen LogP contribution in [0.25, 0.3) is 10.9 Å². The highest BCUT2D eigenvalue weighted by Gasteiger charge is 2.33. The Morgan fingerprint density at radius 1 is 1.44 bits per heavy atom. The third kappa shape index (κ3) is 1.58. The van der Waals surface area contributed by atoms with Crippen LogP contribution in [-0.2, 0) is 0 Å². The quantitative estimate of drug-likeness (QED) is 0.791. The Bertz CT molecular complexity index is 544. The van der Waals surface area contributed by atoms with E-state index in [1.807, 2.05) is 30.5 Å². The minimum atomic E-state index is 0.0393. The predicted molar refractivity (Wildman–Crippen MR) is 63.3 cm³/mol. The Labute approximate surface area is 93.9 Å². The number of amides is 1. The van der Waals surface area contributed by atoms with Crippen LogP contribution in [0.3, 0.4) is 0 Å². The number of carbonyl (C=O) groups excluding carboxylic acids is 1. The van der Waals surface area contributed by atoms with Gasteiger partial charge < -0.3 is 10.3 Å². The molecule has 16 heavy (non-hydrogen) atoms. The second-order valence-electron chi connectivity index (χ2n) is 4.57. The van der Waals surface area contributed by atoms with Crippen LogP contribution in [0.15, 0.2) is 30.5 Å². The van der Waals surface area contributed by atoms with Gasteiger partial charge in [0.1, 0.15) is 0 Å². The van der Waals surface area contributed by atoms with Crippen LogP contribution in [0.1, 0.15) is 23.7 Å². The number of hydrogen-bond acceptors (Lipinski definition) is 1. The lowest BCUT2D eigenvalue weighted by Gasteiger charge is -2.03. The topological polar surface area (TPSA) is 44.9 Å². The molecule has 2 N–H and O–H groups in total. The van der Waals surface area contributed by atoms with Crippen molar-refractivity contribution in [1.29, 1.82) is 0 Å². The predicted octanol–water partition coefficient (Wildman–Crippen LogP) is 2.31. The molecule has 1 saturated carbocycles. The zero-order chi connectivity index (χ0) is 11.1. The Kier molecular flexibility index (Phi) is 1.99. The van der Waals surface area contributed by atoms with E-state index in [9.17, 15) is 4.79 Å². The molecule has 1 amide bonds. The van der Waals surface area contributed by atoms with Crippen LogP contribution in [0, 0.1) is 5.92 Å². The second kappa shape index (κ2) is 3.37. The van der Waals surface area contributed by atoms with Gasteiger partial charge in [-0.2, -0.15) is 0 Å². The molecule has 1 aromatic heterocycles. The van der Waals surface area contributed by atoms with Gasteiger partial charge in [-0.3, -0.25) is 4.79 Å². The molecule has 3 heteroatoms. The van der Waals surface area contributed by atoms with Crippen molar-refractivity contribution < 1.29 is 4.79 Å².